The van der Waals surface area contributed by atoms with Crippen molar-refractivity contribution in [1.82, 2.24) is 5.32 Å². The molecule has 1 unspecified atom stereocenters. The highest BCUT2D eigenvalue weighted by atomic mass is 19.1. The number of carboxylic acid groups (broad SMARTS) is 1. The molecule has 0 heterocycles. The standard InChI is InChI=1S/C14H20FNO3/c1-4-16-14(3,13(17)18)7-8-19-11-5-6-12(15)10(2)9-11/h5-6,9,16H,4,7-8H2,1-3H3,(H,17,18). The first kappa shape index (κ1) is 15.4. The number of benzene rings is 1. The van der Waals surface area contributed by atoms with Gasteiger partial charge in [0.25, 0.3) is 0 Å². The zero-order valence-corrected chi connectivity index (χ0v) is 11.5. The summed E-state index contributed by atoms with van der Waals surface area (Å²) in [6.07, 6.45) is 0.326. The van der Waals surface area contributed by atoms with Crippen molar-refractivity contribution in [3.63, 3.8) is 0 Å². The van der Waals surface area contributed by atoms with Gasteiger partial charge in [0.15, 0.2) is 0 Å². The SMILES string of the molecule is CCNC(C)(CCOc1ccc(F)c(C)c1)C(=O)O. The van der Waals surface area contributed by atoms with Crippen LogP contribution in [0.5, 0.6) is 5.75 Å². The minimum Gasteiger partial charge on any atom is -0.493 e. The largest absolute Gasteiger partial charge is 0.493 e. The molecule has 0 aromatic heterocycles. The molecule has 0 saturated carbocycles. The summed E-state index contributed by atoms with van der Waals surface area (Å²) in [6.45, 7) is 5.95. The molecule has 4 nitrogen and oxygen atoms in total. The van der Waals surface area contributed by atoms with Gasteiger partial charge in [-0.1, -0.05) is 6.92 Å². The lowest BCUT2D eigenvalue weighted by Gasteiger charge is -2.25. The third-order valence-electron chi connectivity index (χ3n) is 3.04. The van der Waals surface area contributed by atoms with Crippen molar-refractivity contribution in [2.45, 2.75) is 32.7 Å². The van der Waals surface area contributed by atoms with Crippen LogP contribution in [0.1, 0.15) is 25.8 Å². The summed E-state index contributed by atoms with van der Waals surface area (Å²) in [6, 6.07) is 4.47. The fraction of sp³-hybridized carbons (Fsp3) is 0.500. The Kier molecular flexibility index (Phi) is 5.30. The van der Waals surface area contributed by atoms with Crippen molar-refractivity contribution in [1.29, 1.82) is 0 Å². The minimum atomic E-state index is -1.01. The normalized spacial score (nSPS) is 13.9. The average molecular weight is 269 g/mol. The molecule has 0 amide bonds. The van der Waals surface area contributed by atoms with Crippen LogP contribution in [0.15, 0.2) is 18.2 Å². The van der Waals surface area contributed by atoms with Gasteiger partial charge >= 0.3 is 5.97 Å². The predicted octanol–water partition coefficient (Wildman–Crippen LogP) is 2.36. The number of nitrogens with one attached hydrogen (secondary N) is 1. The van der Waals surface area contributed by atoms with Crippen molar-refractivity contribution >= 4 is 5.97 Å². The number of likely N-dealkylation sites (N-methyl/N-ethyl adjacent to an activating group) is 1. The van der Waals surface area contributed by atoms with Crippen LogP contribution < -0.4 is 10.1 Å². The summed E-state index contributed by atoms with van der Waals surface area (Å²) in [5.41, 5.74) is -0.505. The van der Waals surface area contributed by atoms with Crippen LogP contribution in [0.25, 0.3) is 0 Å². The van der Waals surface area contributed by atoms with Crippen LogP contribution in [0.3, 0.4) is 0 Å². The van der Waals surface area contributed by atoms with Gasteiger partial charge < -0.3 is 15.2 Å². The quantitative estimate of drug-likeness (QED) is 0.797. The fourth-order valence-corrected chi connectivity index (χ4v) is 1.74. The molecule has 0 radical (unpaired) electrons. The Hall–Kier alpha value is -1.62. The summed E-state index contributed by atoms with van der Waals surface area (Å²) >= 11 is 0. The third-order valence-corrected chi connectivity index (χ3v) is 3.04. The number of carboxylic acids is 1. The maximum Gasteiger partial charge on any atom is 0.323 e. The zero-order valence-electron chi connectivity index (χ0n) is 11.5. The molecule has 106 valence electrons. The topological polar surface area (TPSA) is 58.6 Å². The number of carbonyl (C=O) groups is 1. The molecule has 0 spiro atoms. The van der Waals surface area contributed by atoms with Gasteiger partial charge in [-0.05, 0) is 44.2 Å². The lowest BCUT2D eigenvalue weighted by molar-refractivity contribution is -0.144. The molecule has 0 bridgehead atoms. The number of halogens is 1. The fourth-order valence-electron chi connectivity index (χ4n) is 1.74. The highest BCUT2D eigenvalue weighted by Gasteiger charge is 2.31. The van der Waals surface area contributed by atoms with Crippen LogP contribution in [0, 0.1) is 12.7 Å². The molecule has 0 aliphatic heterocycles. The molecule has 0 aliphatic carbocycles. The van der Waals surface area contributed by atoms with Crippen molar-refractivity contribution in [2.75, 3.05) is 13.2 Å². The average Bonchev–Trinajstić information content (AvgIpc) is 2.34. The van der Waals surface area contributed by atoms with Crippen molar-refractivity contribution < 1.29 is 19.0 Å². The first-order valence-electron chi connectivity index (χ1n) is 6.26. The van der Waals surface area contributed by atoms with Gasteiger partial charge in [-0.2, -0.15) is 0 Å². The van der Waals surface area contributed by atoms with Crippen LogP contribution in [-0.4, -0.2) is 29.8 Å². The second-order valence-electron chi connectivity index (χ2n) is 4.68. The van der Waals surface area contributed by atoms with E-state index in [9.17, 15) is 14.3 Å². The van der Waals surface area contributed by atoms with E-state index in [1.807, 2.05) is 6.92 Å². The van der Waals surface area contributed by atoms with E-state index < -0.39 is 11.5 Å². The van der Waals surface area contributed by atoms with Gasteiger partial charge in [-0.15, -0.1) is 0 Å². The van der Waals surface area contributed by atoms with E-state index in [4.69, 9.17) is 4.74 Å². The molecule has 0 fully saturated rings. The molecule has 1 atom stereocenters. The maximum absolute atomic E-state index is 13.1. The predicted molar refractivity (Wildman–Crippen MR) is 71.0 cm³/mol. The van der Waals surface area contributed by atoms with E-state index in [0.717, 1.165) is 0 Å². The van der Waals surface area contributed by atoms with Gasteiger partial charge in [0.2, 0.25) is 0 Å². The van der Waals surface area contributed by atoms with E-state index in [1.54, 1.807) is 19.9 Å². The second-order valence-corrected chi connectivity index (χ2v) is 4.68. The second kappa shape index (κ2) is 6.52. The highest BCUT2D eigenvalue weighted by molar-refractivity contribution is 5.78. The molecule has 5 heteroatoms. The molecule has 1 rings (SSSR count). The van der Waals surface area contributed by atoms with Crippen LogP contribution in [0.2, 0.25) is 0 Å². The molecule has 0 saturated heterocycles. The van der Waals surface area contributed by atoms with E-state index in [1.165, 1.54) is 12.1 Å². The Balaban J connectivity index is 2.57. The van der Waals surface area contributed by atoms with Crippen molar-refractivity contribution in [2.24, 2.45) is 0 Å². The molecule has 1 aromatic carbocycles. The number of aryl methyl sites for hydroxylation is 1. The Morgan fingerprint density at radius 1 is 1.53 bits per heavy atom. The van der Waals surface area contributed by atoms with Gasteiger partial charge in [0.05, 0.1) is 6.61 Å². The molecule has 1 aromatic rings. The number of rotatable bonds is 7. The lowest BCUT2D eigenvalue weighted by atomic mass is 9.98. The molecule has 19 heavy (non-hydrogen) atoms. The van der Waals surface area contributed by atoms with Crippen LogP contribution in [-0.2, 0) is 4.79 Å². The van der Waals surface area contributed by atoms with E-state index in [0.29, 0.717) is 24.3 Å². The summed E-state index contributed by atoms with van der Waals surface area (Å²) in [4.78, 5) is 11.2. The Morgan fingerprint density at radius 3 is 2.74 bits per heavy atom. The Bertz CT molecular complexity index is 450. The first-order valence-corrected chi connectivity index (χ1v) is 6.26. The van der Waals surface area contributed by atoms with Gasteiger partial charge in [-0.25, -0.2) is 4.39 Å². The number of ether oxygens (including phenoxy) is 1. The summed E-state index contributed by atoms with van der Waals surface area (Å²) in [5.74, 6) is -0.647. The summed E-state index contributed by atoms with van der Waals surface area (Å²) in [5, 5.41) is 12.1. The lowest BCUT2D eigenvalue weighted by Crippen LogP contribution is -2.50. The van der Waals surface area contributed by atoms with E-state index in [-0.39, 0.29) is 12.4 Å². The summed E-state index contributed by atoms with van der Waals surface area (Å²) in [7, 11) is 0. The maximum atomic E-state index is 13.1. The number of aliphatic carboxylic acids is 1. The van der Waals surface area contributed by atoms with Crippen molar-refractivity contribution in [3.05, 3.63) is 29.6 Å². The third kappa shape index (κ3) is 4.21. The molecular weight excluding hydrogens is 249 g/mol. The molecular formula is C14H20FNO3. The minimum absolute atomic E-state index is 0.251. The Labute approximate surface area is 112 Å². The van der Waals surface area contributed by atoms with Gasteiger partial charge in [0, 0.05) is 6.42 Å². The van der Waals surface area contributed by atoms with Gasteiger partial charge in [-0.3, -0.25) is 4.79 Å². The molecule has 2 N–H and O–H groups in total. The smallest absolute Gasteiger partial charge is 0.323 e. The highest BCUT2D eigenvalue weighted by Crippen LogP contribution is 2.17. The molecule has 0 aliphatic rings. The Morgan fingerprint density at radius 2 is 2.21 bits per heavy atom. The van der Waals surface area contributed by atoms with Crippen molar-refractivity contribution in [3.8, 4) is 5.75 Å². The number of hydrogen-bond donors (Lipinski definition) is 2. The van der Waals surface area contributed by atoms with E-state index in [2.05, 4.69) is 5.32 Å². The first-order chi connectivity index (χ1) is 8.89. The monoisotopic (exact) mass is 269 g/mol. The van der Waals surface area contributed by atoms with Crippen LogP contribution >= 0.6 is 0 Å². The van der Waals surface area contributed by atoms with Crippen LogP contribution in [0.4, 0.5) is 4.39 Å². The number of hydrogen-bond acceptors (Lipinski definition) is 3. The summed E-state index contributed by atoms with van der Waals surface area (Å²) < 4.78 is 18.5. The van der Waals surface area contributed by atoms with Gasteiger partial charge in [0.1, 0.15) is 17.1 Å². The van der Waals surface area contributed by atoms with E-state index >= 15 is 0 Å². The zero-order chi connectivity index (χ0) is 14.5.